The molecule has 2 aromatic rings. The van der Waals surface area contributed by atoms with Crippen LogP contribution in [-0.4, -0.2) is 77.9 Å². The molecule has 9 heteroatoms. The second kappa shape index (κ2) is 9.95. The number of aliphatic hydroxyl groups excluding tert-OH is 1. The summed E-state index contributed by atoms with van der Waals surface area (Å²) in [6, 6.07) is 5.71. The molecule has 0 aromatic carbocycles. The molecule has 1 unspecified atom stereocenters. The first-order valence-corrected chi connectivity index (χ1v) is 9.92. The van der Waals surface area contributed by atoms with Gasteiger partial charge in [-0.25, -0.2) is 0 Å². The predicted octanol–water partition coefficient (Wildman–Crippen LogP) is 1.18. The Morgan fingerprint density at radius 3 is 2.85 bits per heavy atom. The SMILES string of the molecule is Cc1cc(NC(=O)CN2CCN(CC(O)COCc3cccs3)CC2)no1. The lowest BCUT2D eigenvalue weighted by molar-refractivity contribution is -0.117. The van der Waals surface area contributed by atoms with Crippen LogP contribution in [0.1, 0.15) is 10.6 Å². The molecule has 2 aromatic heterocycles. The fraction of sp³-hybridized carbons (Fsp3) is 0.556. The Balaban J connectivity index is 1.29. The fourth-order valence-corrected chi connectivity index (χ4v) is 3.62. The van der Waals surface area contributed by atoms with Crippen molar-refractivity contribution >= 4 is 23.1 Å². The topological polar surface area (TPSA) is 91.1 Å². The zero-order chi connectivity index (χ0) is 19.1. The van der Waals surface area contributed by atoms with Crippen LogP contribution in [0.3, 0.4) is 0 Å². The molecule has 3 rings (SSSR count). The van der Waals surface area contributed by atoms with Gasteiger partial charge in [0.05, 0.1) is 25.9 Å². The normalized spacial score (nSPS) is 17.1. The van der Waals surface area contributed by atoms with Crippen molar-refractivity contribution in [2.75, 3.05) is 51.2 Å². The summed E-state index contributed by atoms with van der Waals surface area (Å²) in [4.78, 5) is 17.5. The van der Waals surface area contributed by atoms with E-state index in [1.165, 1.54) is 0 Å². The highest BCUT2D eigenvalue weighted by Crippen LogP contribution is 2.10. The molecule has 0 aliphatic carbocycles. The Kier molecular flexibility index (Phi) is 7.36. The molecule has 1 saturated heterocycles. The van der Waals surface area contributed by atoms with Crippen molar-refractivity contribution in [2.24, 2.45) is 0 Å². The Morgan fingerprint density at radius 2 is 2.19 bits per heavy atom. The van der Waals surface area contributed by atoms with Gasteiger partial charge in [0, 0.05) is 43.7 Å². The molecule has 2 N–H and O–H groups in total. The third-order valence-corrected chi connectivity index (χ3v) is 5.18. The molecule has 1 atom stereocenters. The first-order chi connectivity index (χ1) is 13.1. The lowest BCUT2D eigenvalue weighted by Gasteiger charge is -2.35. The number of nitrogens with one attached hydrogen (secondary N) is 1. The van der Waals surface area contributed by atoms with E-state index in [1.807, 2.05) is 17.5 Å². The van der Waals surface area contributed by atoms with Crippen LogP contribution in [0.2, 0.25) is 0 Å². The molecule has 1 amide bonds. The van der Waals surface area contributed by atoms with Gasteiger partial charge in [-0.15, -0.1) is 11.3 Å². The molecule has 1 aliphatic rings. The summed E-state index contributed by atoms with van der Waals surface area (Å²) in [6.07, 6.45) is -0.504. The standard InChI is InChI=1S/C18H26N4O4S/c1-14-9-17(20-26-14)19-18(24)11-22-6-4-21(5-7-22)10-15(23)12-25-13-16-3-2-8-27-16/h2-3,8-9,15,23H,4-7,10-13H2,1H3,(H,19,20,24). The number of nitrogens with zero attached hydrogens (tertiary/aromatic N) is 3. The van der Waals surface area contributed by atoms with Crippen LogP contribution >= 0.6 is 11.3 Å². The van der Waals surface area contributed by atoms with Crippen LogP contribution in [-0.2, 0) is 16.1 Å². The number of β-amino-alcohol motifs (C(OH)–C–C–N with tert-alkyl or cyclic N) is 1. The van der Waals surface area contributed by atoms with Gasteiger partial charge in [-0.3, -0.25) is 14.6 Å². The van der Waals surface area contributed by atoms with Crippen molar-refractivity contribution < 1.29 is 19.2 Å². The van der Waals surface area contributed by atoms with Gasteiger partial charge >= 0.3 is 0 Å². The number of ether oxygens (including phenoxy) is 1. The third kappa shape index (κ3) is 6.71. The van der Waals surface area contributed by atoms with E-state index >= 15 is 0 Å². The minimum atomic E-state index is -0.504. The van der Waals surface area contributed by atoms with Crippen molar-refractivity contribution in [1.82, 2.24) is 15.0 Å². The molecular weight excluding hydrogens is 368 g/mol. The van der Waals surface area contributed by atoms with Gasteiger partial charge in [-0.2, -0.15) is 0 Å². The fourth-order valence-electron chi connectivity index (χ4n) is 2.98. The number of thiophene rings is 1. The van der Waals surface area contributed by atoms with Crippen LogP contribution in [0, 0.1) is 6.92 Å². The van der Waals surface area contributed by atoms with E-state index in [0.29, 0.717) is 37.9 Å². The molecule has 0 spiro atoms. The summed E-state index contributed by atoms with van der Waals surface area (Å²) in [6.45, 7) is 6.78. The maximum atomic E-state index is 12.1. The molecule has 0 bridgehead atoms. The minimum Gasteiger partial charge on any atom is -0.389 e. The Labute approximate surface area is 162 Å². The summed E-state index contributed by atoms with van der Waals surface area (Å²) in [5.41, 5.74) is 0. The Bertz CT molecular complexity index is 698. The Hall–Kier alpha value is -1.78. The van der Waals surface area contributed by atoms with Gasteiger partial charge in [0.15, 0.2) is 5.82 Å². The average molecular weight is 394 g/mol. The molecule has 148 valence electrons. The number of aliphatic hydroxyl groups is 1. The van der Waals surface area contributed by atoms with Crippen LogP contribution in [0.4, 0.5) is 5.82 Å². The molecule has 0 saturated carbocycles. The van der Waals surface area contributed by atoms with E-state index in [0.717, 1.165) is 31.1 Å². The summed E-state index contributed by atoms with van der Waals surface area (Å²) < 4.78 is 10.5. The van der Waals surface area contributed by atoms with E-state index in [4.69, 9.17) is 9.26 Å². The van der Waals surface area contributed by atoms with Crippen molar-refractivity contribution in [1.29, 1.82) is 0 Å². The number of carbonyl (C=O) groups excluding carboxylic acids is 1. The summed E-state index contributed by atoms with van der Waals surface area (Å²) in [5.74, 6) is 1.01. The number of carbonyl (C=O) groups is 1. The highest BCUT2D eigenvalue weighted by atomic mass is 32.1. The van der Waals surface area contributed by atoms with E-state index in [9.17, 15) is 9.90 Å². The smallest absolute Gasteiger partial charge is 0.239 e. The highest BCUT2D eigenvalue weighted by Gasteiger charge is 2.21. The van der Waals surface area contributed by atoms with E-state index in [1.54, 1.807) is 24.3 Å². The number of amides is 1. The van der Waals surface area contributed by atoms with Crippen LogP contribution in [0.15, 0.2) is 28.1 Å². The monoisotopic (exact) mass is 394 g/mol. The van der Waals surface area contributed by atoms with Gasteiger partial charge in [-0.1, -0.05) is 11.2 Å². The lowest BCUT2D eigenvalue weighted by Crippen LogP contribution is -2.50. The molecular formula is C18H26N4O4S. The highest BCUT2D eigenvalue weighted by molar-refractivity contribution is 7.09. The first kappa shape index (κ1) is 20.0. The number of hydrogen-bond acceptors (Lipinski definition) is 8. The van der Waals surface area contributed by atoms with Crippen molar-refractivity contribution in [3.8, 4) is 0 Å². The molecule has 3 heterocycles. The van der Waals surface area contributed by atoms with Gasteiger partial charge in [-0.05, 0) is 18.4 Å². The van der Waals surface area contributed by atoms with Crippen LogP contribution < -0.4 is 5.32 Å². The van der Waals surface area contributed by atoms with E-state index < -0.39 is 6.10 Å². The van der Waals surface area contributed by atoms with Gasteiger partial charge in [0.2, 0.25) is 5.91 Å². The molecule has 1 aliphatic heterocycles. The van der Waals surface area contributed by atoms with Gasteiger partial charge in [0.1, 0.15) is 5.76 Å². The van der Waals surface area contributed by atoms with Gasteiger partial charge < -0.3 is 19.7 Å². The number of aryl methyl sites for hydroxylation is 1. The van der Waals surface area contributed by atoms with Crippen LogP contribution in [0.25, 0.3) is 0 Å². The lowest BCUT2D eigenvalue weighted by atomic mass is 10.2. The summed E-state index contributed by atoms with van der Waals surface area (Å²) in [7, 11) is 0. The maximum Gasteiger partial charge on any atom is 0.239 e. The predicted molar refractivity (Wildman–Crippen MR) is 103 cm³/mol. The first-order valence-electron chi connectivity index (χ1n) is 9.04. The second-order valence-corrected chi connectivity index (χ2v) is 7.73. The second-order valence-electron chi connectivity index (χ2n) is 6.70. The maximum absolute atomic E-state index is 12.1. The van der Waals surface area contributed by atoms with Crippen molar-refractivity contribution in [3.05, 3.63) is 34.2 Å². The molecule has 0 radical (unpaired) electrons. The molecule has 1 fully saturated rings. The average Bonchev–Trinajstić information content (AvgIpc) is 3.28. The largest absolute Gasteiger partial charge is 0.389 e. The molecule has 27 heavy (non-hydrogen) atoms. The van der Waals surface area contributed by atoms with Gasteiger partial charge in [0.25, 0.3) is 0 Å². The van der Waals surface area contributed by atoms with Crippen LogP contribution in [0.5, 0.6) is 0 Å². The van der Waals surface area contributed by atoms with Crippen molar-refractivity contribution in [3.63, 3.8) is 0 Å². The Morgan fingerprint density at radius 1 is 1.41 bits per heavy atom. The number of hydrogen-bond donors (Lipinski definition) is 2. The zero-order valence-electron chi connectivity index (χ0n) is 15.5. The summed E-state index contributed by atoms with van der Waals surface area (Å²) >= 11 is 1.65. The quantitative estimate of drug-likeness (QED) is 0.660. The third-order valence-electron chi connectivity index (χ3n) is 4.33. The van der Waals surface area contributed by atoms with E-state index in [-0.39, 0.29) is 5.91 Å². The number of aromatic nitrogens is 1. The molecule has 8 nitrogen and oxygen atoms in total. The number of rotatable bonds is 9. The number of anilines is 1. The zero-order valence-corrected chi connectivity index (χ0v) is 16.3. The minimum absolute atomic E-state index is 0.0984. The summed E-state index contributed by atoms with van der Waals surface area (Å²) in [5, 5.41) is 18.7. The van der Waals surface area contributed by atoms with Crippen molar-refractivity contribution in [2.45, 2.75) is 19.6 Å². The number of piperazine rings is 1. The van der Waals surface area contributed by atoms with E-state index in [2.05, 4.69) is 20.3 Å².